The predicted octanol–water partition coefficient (Wildman–Crippen LogP) is 3.07. The molecule has 1 aromatic carbocycles. The monoisotopic (exact) mass is 258 g/mol. The van der Waals surface area contributed by atoms with Gasteiger partial charge in [0.25, 0.3) is 0 Å². The van der Waals surface area contributed by atoms with Crippen LogP contribution in [0.1, 0.15) is 39.3 Å². The summed E-state index contributed by atoms with van der Waals surface area (Å²) in [6, 6.07) is 10.9. The van der Waals surface area contributed by atoms with Crippen molar-refractivity contribution in [2.24, 2.45) is 0 Å². The third-order valence-corrected chi connectivity index (χ3v) is 3.15. The smallest absolute Gasteiger partial charge is 0.0604 e. The molecule has 0 aromatic heterocycles. The molecule has 1 aromatic rings. The van der Waals surface area contributed by atoms with Gasteiger partial charge < -0.3 is 5.32 Å². The van der Waals surface area contributed by atoms with Crippen molar-refractivity contribution in [1.82, 2.24) is 10.2 Å². The summed E-state index contributed by atoms with van der Waals surface area (Å²) in [6.45, 7) is 11.3. The topological polar surface area (TPSA) is 15.3 Å². The highest BCUT2D eigenvalue weighted by molar-refractivity contribution is 5.20. The van der Waals surface area contributed by atoms with Crippen LogP contribution in [0.15, 0.2) is 30.3 Å². The zero-order chi connectivity index (χ0) is 14.3. The van der Waals surface area contributed by atoms with Gasteiger partial charge in [-0.1, -0.05) is 43.2 Å². The normalized spacial score (nSPS) is 13.3. The van der Waals surface area contributed by atoms with Crippen LogP contribution in [0.25, 0.3) is 0 Å². The number of hydrogen-bond donors (Lipinski definition) is 1. The Kier molecular flexibility index (Phi) is 6.08. The van der Waals surface area contributed by atoms with Gasteiger partial charge in [0, 0.05) is 18.1 Å². The van der Waals surface area contributed by atoms with Crippen molar-refractivity contribution in [1.29, 1.82) is 0 Å². The summed E-state index contributed by atoms with van der Waals surface area (Å²) in [5.41, 5.74) is 1.43. The molecule has 0 spiro atoms. The predicted molar refractivity (Wildman–Crippen MR) is 83.0 cm³/mol. The first-order valence-corrected chi connectivity index (χ1v) is 6.95. The number of benzene rings is 1. The van der Waals surface area contributed by atoms with E-state index in [1.165, 1.54) is 5.56 Å². The lowest BCUT2D eigenvalue weighted by molar-refractivity contribution is 0.214. The number of nitrogens with zero attached hydrogens (tertiary/aromatic N) is 1. The SMILES string of the molecule is C#CCN(CC)C(CNC(C)(C)C)c1ccccc1. The van der Waals surface area contributed by atoms with Crippen molar-refractivity contribution < 1.29 is 0 Å². The first-order valence-electron chi connectivity index (χ1n) is 6.95. The van der Waals surface area contributed by atoms with Gasteiger partial charge in [0.05, 0.1) is 6.54 Å². The third kappa shape index (κ3) is 5.46. The average Bonchev–Trinajstić information content (AvgIpc) is 2.37. The van der Waals surface area contributed by atoms with Crippen molar-refractivity contribution in [3.63, 3.8) is 0 Å². The van der Waals surface area contributed by atoms with Gasteiger partial charge in [-0.05, 0) is 32.9 Å². The van der Waals surface area contributed by atoms with Gasteiger partial charge in [-0.15, -0.1) is 6.42 Å². The van der Waals surface area contributed by atoms with E-state index in [1.807, 2.05) is 0 Å². The molecule has 0 aliphatic rings. The quantitative estimate of drug-likeness (QED) is 0.789. The second-order valence-electron chi connectivity index (χ2n) is 5.82. The first kappa shape index (κ1) is 15.8. The maximum absolute atomic E-state index is 5.49. The number of hydrogen-bond acceptors (Lipinski definition) is 2. The van der Waals surface area contributed by atoms with Gasteiger partial charge in [-0.25, -0.2) is 0 Å². The molecule has 0 bridgehead atoms. The fraction of sp³-hybridized carbons (Fsp3) is 0.529. The number of likely N-dealkylation sites (N-methyl/N-ethyl adjacent to an activating group) is 1. The average molecular weight is 258 g/mol. The fourth-order valence-corrected chi connectivity index (χ4v) is 2.10. The fourth-order valence-electron chi connectivity index (χ4n) is 2.10. The van der Waals surface area contributed by atoms with Crippen LogP contribution in [0.5, 0.6) is 0 Å². The zero-order valence-corrected chi connectivity index (χ0v) is 12.6. The molecule has 1 atom stereocenters. The molecule has 0 aliphatic carbocycles. The molecule has 1 rings (SSSR count). The van der Waals surface area contributed by atoms with Crippen molar-refractivity contribution >= 4 is 0 Å². The van der Waals surface area contributed by atoms with Crippen LogP contribution in [0, 0.1) is 12.3 Å². The molecule has 2 heteroatoms. The molecule has 0 saturated carbocycles. The Bertz CT molecular complexity index is 398. The molecule has 0 fully saturated rings. The second-order valence-corrected chi connectivity index (χ2v) is 5.82. The third-order valence-electron chi connectivity index (χ3n) is 3.15. The summed E-state index contributed by atoms with van der Waals surface area (Å²) in [4.78, 5) is 2.33. The number of nitrogens with one attached hydrogen (secondary N) is 1. The lowest BCUT2D eigenvalue weighted by Crippen LogP contribution is -2.43. The van der Waals surface area contributed by atoms with E-state index < -0.39 is 0 Å². The first-order chi connectivity index (χ1) is 8.98. The summed E-state index contributed by atoms with van der Waals surface area (Å²) >= 11 is 0. The van der Waals surface area contributed by atoms with Gasteiger partial charge >= 0.3 is 0 Å². The standard InChI is InChI=1S/C17H26N2/c1-6-13-19(7-2)16(14-18-17(3,4)5)15-11-9-8-10-12-15/h1,8-12,16,18H,7,13-14H2,2-5H3. The van der Waals surface area contributed by atoms with E-state index >= 15 is 0 Å². The van der Waals surface area contributed by atoms with E-state index in [4.69, 9.17) is 6.42 Å². The van der Waals surface area contributed by atoms with E-state index in [0.29, 0.717) is 12.6 Å². The Morgan fingerprint density at radius 3 is 2.37 bits per heavy atom. The van der Waals surface area contributed by atoms with E-state index in [-0.39, 0.29) is 5.54 Å². The van der Waals surface area contributed by atoms with E-state index in [2.05, 4.69) is 74.2 Å². The molecule has 0 aliphatic heterocycles. The number of terminal acetylenes is 1. The van der Waals surface area contributed by atoms with Gasteiger partial charge in [0.15, 0.2) is 0 Å². The van der Waals surface area contributed by atoms with Crippen molar-refractivity contribution in [3.05, 3.63) is 35.9 Å². The minimum atomic E-state index is 0.114. The molecule has 1 unspecified atom stereocenters. The highest BCUT2D eigenvalue weighted by Crippen LogP contribution is 2.20. The van der Waals surface area contributed by atoms with Gasteiger partial charge in [0.1, 0.15) is 0 Å². The Hall–Kier alpha value is -1.30. The Labute approximate surface area is 118 Å². The summed E-state index contributed by atoms with van der Waals surface area (Å²) in [5.74, 6) is 2.76. The highest BCUT2D eigenvalue weighted by atomic mass is 15.2. The molecular weight excluding hydrogens is 232 g/mol. The molecule has 2 nitrogen and oxygen atoms in total. The minimum absolute atomic E-state index is 0.114. The van der Waals surface area contributed by atoms with Crippen LogP contribution in [-0.2, 0) is 0 Å². The maximum atomic E-state index is 5.49. The summed E-state index contributed by atoms with van der Waals surface area (Å²) in [6.07, 6.45) is 5.49. The lowest BCUT2D eigenvalue weighted by atomic mass is 10.0. The number of rotatable bonds is 6. The van der Waals surface area contributed by atoms with E-state index in [0.717, 1.165) is 13.1 Å². The summed E-state index contributed by atoms with van der Waals surface area (Å²) in [5, 5.41) is 3.58. The molecule has 19 heavy (non-hydrogen) atoms. The lowest BCUT2D eigenvalue weighted by Gasteiger charge is -2.32. The highest BCUT2D eigenvalue weighted by Gasteiger charge is 2.20. The minimum Gasteiger partial charge on any atom is -0.310 e. The van der Waals surface area contributed by atoms with Gasteiger partial charge in [0.2, 0.25) is 0 Å². The van der Waals surface area contributed by atoms with Crippen molar-refractivity contribution in [3.8, 4) is 12.3 Å². The largest absolute Gasteiger partial charge is 0.310 e. The molecule has 0 heterocycles. The van der Waals surface area contributed by atoms with Crippen LogP contribution in [-0.4, -0.2) is 30.1 Å². The Morgan fingerprint density at radius 2 is 1.89 bits per heavy atom. The zero-order valence-electron chi connectivity index (χ0n) is 12.6. The van der Waals surface area contributed by atoms with Crippen molar-refractivity contribution in [2.45, 2.75) is 39.3 Å². The maximum Gasteiger partial charge on any atom is 0.0604 e. The van der Waals surface area contributed by atoms with E-state index in [1.54, 1.807) is 0 Å². The summed E-state index contributed by atoms with van der Waals surface area (Å²) < 4.78 is 0. The Morgan fingerprint density at radius 1 is 1.26 bits per heavy atom. The molecule has 0 radical (unpaired) electrons. The molecule has 0 amide bonds. The molecule has 1 N–H and O–H groups in total. The van der Waals surface area contributed by atoms with Crippen LogP contribution < -0.4 is 5.32 Å². The van der Waals surface area contributed by atoms with Crippen LogP contribution in [0.4, 0.5) is 0 Å². The molecule has 0 saturated heterocycles. The Balaban J connectivity index is 2.88. The van der Waals surface area contributed by atoms with Crippen LogP contribution in [0.3, 0.4) is 0 Å². The molecular formula is C17H26N2. The van der Waals surface area contributed by atoms with Gasteiger partial charge in [-0.2, -0.15) is 0 Å². The second kappa shape index (κ2) is 7.33. The van der Waals surface area contributed by atoms with Crippen molar-refractivity contribution in [2.75, 3.05) is 19.6 Å². The van der Waals surface area contributed by atoms with E-state index in [9.17, 15) is 0 Å². The van der Waals surface area contributed by atoms with Crippen LogP contribution >= 0.6 is 0 Å². The molecule has 104 valence electrons. The van der Waals surface area contributed by atoms with Crippen LogP contribution in [0.2, 0.25) is 0 Å². The van der Waals surface area contributed by atoms with Gasteiger partial charge in [-0.3, -0.25) is 4.90 Å². The summed E-state index contributed by atoms with van der Waals surface area (Å²) in [7, 11) is 0.